The van der Waals surface area contributed by atoms with Crippen LogP contribution in [0.25, 0.3) is 0 Å². The first-order valence-corrected chi connectivity index (χ1v) is 4.40. The van der Waals surface area contributed by atoms with Crippen molar-refractivity contribution in [2.75, 3.05) is 39.5 Å². The van der Waals surface area contributed by atoms with E-state index in [1.54, 1.807) is 4.90 Å². The van der Waals surface area contributed by atoms with Crippen molar-refractivity contribution < 1.29 is 15.3 Å². The van der Waals surface area contributed by atoms with E-state index in [4.69, 9.17) is 15.3 Å². The maximum atomic E-state index is 8.48. The Morgan fingerprint density at radius 2 is 1.00 bits per heavy atom. The summed E-state index contributed by atoms with van der Waals surface area (Å²) in [5.41, 5.74) is 0. The highest BCUT2D eigenvalue weighted by atomic mass is 16.3. The Morgan fingerprint density at radius 3 is 1.17 bits per heavy atom. The second kappa shape index (κ2) is 13.4. The van der Waals surface area contributed by atoms with Crippen LogP contribution < -0.4 is 0 Å². The molecule has 76 valence electrons. The maximum absolute atomic E-state index is 8.48. The summed E-state index contributed by atoms with van der Waals surface area (Å²) in [5, 5.41) is 25.5. The molecule has 0 aliphatic carbocycles. The van der Waals surface area contributed by atoms with Gasteiger partial charge in [0.2, 0.25) is 0 Å². The number of aliphatic hydroxyl groups is 3. The van der Waals surface area contributed by atoms with Crippen LogP contribution in [-0.4, -0.2) is 59.7 Å². The van der Waals surface area contributed by atoms with Gasteiger partial charge in [-0.1, -0.05) is 13.8 Å². The largest absolute Gasteiger partial charge is 0.395 e. The molecule has 0 aromatic rings. The van der Waals surface area contributed by atoms with Crippen molar-refractivity contribution in [1.82, 2.24) is 4.90 Å². The molecule has 0 heterocycles. The summed E-state index contributed by atoms with van der Waals surface area (Å²) in [7, 11) is 0. The Hall–Kier alpha value is -0.160. The third-order valence-corrected chi connectivity index (χ3v) is 1.25. The van der Waals surface area contributed by atoms with Crippen LogP contribution in [0.3, 0.4) is 0 Å². The highest BCUT2D eigenvalue weighted by Crippen LogP contribution is 1.84. The summed E-state index contributed by atoms with van der Waals surface area (Å²) in [4.78, 5) is 1.79. The third-order valence-electron chi connectivity index (χ3n) is 1.25. The fourth-order valence-corrected chi connectivity index (χ4v) is 0.760. The molecular formula is C8H21NO3. The van der Waals surface area contributed by atoms with Crippen LogP contribution in [0.15, 0.2) is 0 Å². The van der Waals surface area contributed by atoms with Crippen LogP contribution in [0.2, 0.25) is 0 Å². The number of aliphatic hydroxyl groups excluding tert-OH is 3. The van der Waals surface area contributed by atoms with E-state index < -0.39 is 0 Å². The van der Waals surface area contributed by atoms with Crippen LogP contribution in [0.5, 0.6) is 0 Å². The molecule has 0 atom stereocenters. The zero-order valence-corrected chi connectivity index (χ0v) is 8.03. The molecule has 0 radical (unpaired) electrons. The second-order valence-corrected chi connectivity index (χ2v) is 2.01. The molecule has 0 spiro atoms. The summed E-state index contributed by atoms with van der Waals surface area (Å²) in [5.74, 6) is 0. The van der Waals surface area contributed by atoms with Gasteiger partial charge in [0.25, 0.3) is 0 Å². The van der Waals surface area contributed by atoms with E-state index in [0.29, 0.717) is 19.6 Å². The van der Waals surface area contributed by atoms with Crippen molar-refractivity contribution in [3.8, 4) is 0 Å². The average Bonchev–Trinajstić information content (AvgIpc) is 2.10. The van der Waals surface area contributed by atoms with Gasteiger partial charge in [-0.2, -0.15) is 0 Å². The molecule has 3 N–H and O–H groups in total. The standard InChI is InChI=1S/C6H15NO3.C2H6/c8-4-1-7(2-5-9)3-6-10;1-2/h8-10H,1-6H2;1-2H3. The summed E-state index contributed by atoms with van der Waals surface area (Å²) < 4.78 is 0. The quantitative estimate of drug-likeness (QED) is 0.504. The molecule has 0 rings (SSSR count). The average molecular weight is 179 g/mol. The van der Waals surface area contributed by atoms with Crippen LogP contribution in [-0.2, 0) is 0 Å². The molecule has 0 aliphatic rings. The lowest BCUT2D eigenvalue weighted by molar-refractivity contribution is 0.136. The molecule has 0 aromatic heterocycles. The van der Waals surface area contributed by atoms with E-state index >= 15 is 0 Å². The van der Waals surface area contributed by atoms with Crippen molar-refractivity contribution in [1.29, 1.82) is 0 Å². The molecule has 4 nitrogen and oxygen atoms in total. The third kappa shape index (κ3) is 9.84. The van der Waals surface area contributed by atoms with Crippen LogP contribution in [0.1, 0.15) is 13.8 Å². The van der Waals surface area contributed by atoms with Crippen LogP contribution >= 0.6 is 0 Å². The van der Waals surface area contributed by atoms with Crippen molar-refractivity contribution in [2.45, 2.75) is 13.8 Å². The zero-order chi connectivity index (χ0) is 9.82. The van der Waals surface area contributed by atoms with Crippen molar-refractivity contribution >= 4 is 0 Å². The van der Waals surface area contributed by atoms with E-state index in [2.05, 4.69) is 0 Å². The van der Waals surface area contributed by atoms with E-state index in [1.807, 2.05) is 13.8 Å². The monoisotopic (exact) mass is 179 g/mol. The highest BCUT2D eigenvalue weighted by Gasteiger charge is 2.00. The first-order chi connectivity index (χ1) is 5.85. The molecule has 0 aliphatic heterocycles. The molecular weight excluding hydrogens is 158 g/mol. The lowest BCUT2D eigenvalue weighted by Crippen LogP contribution is -2.32. The summed E-state index contributed by atoms with van der Waals surface area (Å²) in [6, 6.07) is 0. The lowest BCUT2D eigenvalue weighted by atomic mass is 10.4. The zero-order valence-electron chi connectivity index (χ0n) is 8.03. The first kappa shape index (κ1) is 14.4. The summed E-state index contributed by atoms with van der Waals surface area (Å²) in [6.07, 6.45) is 0. The highest BCUT2D eigenvalue weighted by molar-refractivity contribution is 4.54. The van der Waals surface area contributed by atoms with E-state index in [9.17, 15) is 0 Å². The predicted molar refractivity (Wildman–Crippen MR) is 49.0 cm³/mol. The minimum absolute atomic E-state index is 0.0694. The van der Waals surface area contributed by atoms with Crippen LogP contribution in [0, 0.1) is 0 Å². The number of rotatable bonds is 6. The molecule has 12 heavy (non-hydrogen) atoms. The van der Waals surface area contributed by atoms with Gasteiger partial charge in [-0.05, 0) is 0 Å². The van der Waals surface area contributed by atoms with E-state index in [-0.39, 0.29) is 19.8 Å². The van der Waals surface area contributed by atoms with Gasteiger partial charge in [-0.15, -0.1) is 0 Å². The van der Waals surface area contributed by atoms with Crippen LogP contribution in [0.4, 0.5) is 0 Å². The van der Waals surface area contributed by atoms with E-state index in [1.165, 1.54) is 0 Å². The Labute approximate surface area is 74.4 Å². The van der Waals surface area contributed by atoms with Crippen molar-refractivity contribution in [3.63, 3.8) is 0 Å². The number of hydrogen-bond acceptors (Lipinski definition) is 4. The van der Waals surface area contributed by atoms with Gasteiger partial charge < -0.3 is 15.3 Å². The Balaban J connectivity index is 0. The van der Waals surface area contributed by atoms with Gasteiger partial charge >= 0.3 is 0 Å². The predicted octanol–water partition coefficient (Wildman–Crippen LogP) is -0.708. The van der Waals surface area contributed by atoms with Gasteiger partial charge in [-0.25, -0.2) is 0 Å². The van der Waals surface area contributed by atoms with Crippen molar-refractivity contribution in [2.24, 2.45) is 0 Å². The SMILES string of the molecule is CC.OCCN(CCO)CCO. The number of hydrogen-bond donors (Lipinski definition) is 3. The molecule has 0 unspecified atom stereocenters. The minimum atomic E-state index is 0.0694. The minimum Gasteiger partial charge on any atom is -0.395 e. The molecule has 0 saturated heterocycles. The Kier molecular flexibility index (Phi) is 16.1. The normalized spacial score (nSPS) is 9.50. The smallest absolute Gasteiger partial charge is 0.0558 e. The van der Waals surface area contributed by atoms with E-state index in [0.717, 1.165) is 0 Å². The molecule has 0 aromatic carbocycles. The maximum Gasteiger partial charge on any atom is 0.0558 e. The van der Waals surface area contributed by atoms with Gasteiger partial charge in [-0.3, -0.25) is 4.90 Å². The Bertz CT molecular complexity index is 57.1. The second-order valence-electron chi connectivity index (χ2n) is 2.01. The molecule has 0 saturated carbocycles. The molecule has 0 amide bonds. The molecule has 0 bridgehead atoms. The Morgan fingerprint density at radius 1 is 0.750 bits per heavy atom. The van der Waals surface area contributed by atoms with Gasteiger partial charge in [0, 0.05) is 19.6 Å². The first-order valence-electron chi connectivity index (χ1n) is 4.40. The van der Waals surface area contributed by atoms with Gasteiger partial charge in [0.05, 0.1) is 19.8 Å². The molecule has 0 fully saturated rings. The van der Waals surface area contributed by atoms with Gasteiger partial charge in [0.1, 0.15) is 0 Å². The summed E-state index contributed by atoms with van der Waals surface area (Å²) >= 11 is 0. The molecule has 4 heteroatoms. The number of nitrogens with zero attached hydrogens (tertiary/aromatic N) is 1. The van der Waals surface area contributed by atoms with Gasteiger partial charge in [0.15, 0.2) is 0 Å². The van der Waals surface area contributed by atoms with Crippen molar-refractivity contribution in [3.05, 3.63) is 0 Å². The fraction of sp³-hybridized carbons (Fsp3) is 1.00. The fourth-order valence-electron chi connectivity index (χ4n) is 0.760. The topological polar surface area (TPSA) is 63.9 Å². The summed E-state index contributed by atoms with van der Waals surface area (Å²) in [6.45, 7) is 5.75. The lowest BCUT2D eigenvalue weighted by Gasteiger charge is -2.17.